The average Bonchev–Trinajstić information content (AvgIpc) is 3.53. The molecular formula is C49H35BBr2Cl3IO2. The van der Waals surface area contributed by atoms with E-state index < -0.39 is 7.12 Å². The molecule has 0 radical (unpaired) electrons. The van der Waals surface area contributed by atoms with Gasteiger partial charge in [0.1, 0.15) is 0 Å². The fraction of sp³-hybridized carbons (Fsp3) is 0.0204. The summed E-state index contributed by atoms with van der Waals surface area (Å²) in [5.41, 5.74) is 8.11. The van der Waals surface area contributed by atoms with E-state index in [-0.39, 0.29) is 7.43 Å². The van der Waals surface area contributed by atoms with Crippen molar-refractivity contribution in [2.24, 2.45) is 0 Å². The van der Waals surface area contributed by atoms with Crippen LogP contribution in [0, 0.1) is 3.57 Å². The molecule has 0 heterocycles. The van der Waals surface area contributed by atoms with Gasteiger partial charge in [-0.05, 0) is 152 Å². The van der Waals surface area contributed by atoms with E-state index in [0.717, 1.165) is 40.3 Å². The second-order valence-electron chi connectivity index (χ2n) is 13.1. The van der Waals surface area contributed by atoms with Gasteiger partial charge in [-0.25, -0.2) is 0 Å². The highest BCUT2D eigenvalue weighted by Crippen LogP contribution is 2.47. The van der Waals surface area contributed by atoms with Gasteiger partial charge in [0.2, 0.25) is 0 Å². The highest BCUT2D eigenvalue weighted by Gasteiger charge is 2.20. The Balaban J connectivity index is 0.000000133. The maximum absolute atomic E-state index is 9.08. The molecule has 288 valence electrons. The van der Waals surface area contributed by atoms with E-state index in [9.17, 15) is 0 Å². The number of hydrogen-bond acceptors (Lipinski definition) is 2. The number of benzene rings is 9. The molecule has 0 fully saturated rings. The van der Waals surface area contributed by atoms with Crippen LogP contribution in [-0.4, -0.2) is 17.2 Å². The third-order valence-electron chi connectivity index (χ3n) is 9.46. The van der Waals surface area contributed by atoms with Crippen LogP contribution >= 0.6 is 89.3 Å². The fourth-order valence-corrected chi connectivity index (χ4v) is 8.96. The second kappa shape index (κ2) is 20.0. The second-order valence-corrected chi connectivity index (χ2v) is 17.2. The SMILES string of the molecule is C.Clc1ccc(-c2cccc3ccccc23)c(Br)c1.Clc1ccc(I)c(Br)c1.Clc1ccc2c(c1)-c1cccc3cccc-2c13.OB(O)c1cccc2ccccc12. The lowest BCUT2D eigenvalue weighted by Gasteiger charge is -2.09. The number of fused-ring (bicyclic) bond motifs is 5. The molecule has 0 unspecified atom stereocenters. The van der Waals surface area contributed by atoms with Crippen LogP contribution in [0.25, 0.3) is 65.7 Å². The molecule has 0 spiro atoms. The first-order valence-corrected chi connectivity index (χ1v) is 21.6. The maximum atomic E-state index is 9.08. The van der Waals surface area contributed by atoms with Crippen LogP contribution in [0.15, 0.2) is 185 Å². The molecule has 0 saturated carbocycles. The topological polar surface area (TPSA) is 40.5 Å². The lowest BCUT2D eigenvalue weighted by molar-refractivity contribution is 0.426. The van der Waals surface area contributed by atoms with Crippen LogP contribution < -0.4 is 5.46 Å². The number of rotatable bonds is 2. The lowest BCUT2D eigenvalue weighted by Crippen LogP contribution is -2.30. The van der Waals surface area contributed by atoms with Gasteiger partial charge in [-0.15, -0.1) is 0 Å². The Bertz CT molecular complexity index is 2870. The maximum Gasteiger partial charge on any atom is 0.489 e. The van der Waals surface area contributed by atoms with E-state index in [1.165, 1.54) is 52.9 Å². The van der Waals surface area contributed by atoms with Gasteiger partial charge in [0, 0.05) is 27.6 Å². The molecule has 2 N–H and O–H groups in total. The molecule has 0 bridgehead atoms. The molecular weight excluding hydrogens is 1020 g/mol. The molecule has 58 heavy (non-hydrogen) atoms. The molecule has 10 rings (SSSR count). The smallest absolute Gasteiger partial charge is 0.423 e. The monoisotopic (exact) mass is 1060 g/mol. The van der Waals surface area contributed by atoms with Crippen molar-refractivity contribution in [3.05, 3.63) is 204 Å². The molecule has 9 heteroatoms. The van der Waals surface area contributed by atoms with Gasteiger partial charge in [0.05, 0.1) is 0 Å². The molecule has 9 aromatic carbocycles. The predicted molar refractivity (Wildman–Crippen MR) is 268 cm³/mol. The average molecular weight is 1060 g/mol. The van der Waals surface area contributed by atoms with Crippen molar-refractivity contribution in [2.45, 2.75) is 7.43 Å². The summed E-state index contributed by atoms with van der Waals surface area (Å²) in [6.07, 6.45) is 0. The van der Waals surface area contributed by atoms with Crippen LogP contribution in [-0.2, 0) is 0 Å². The first-order chi connectivity index (χ1) is 27.6. The van der Waals surface area contributed by atoms with Gasteiger partial charge in [0.25, 0.3) is 0 Å². The summed E-state index contributed by atoms with van der Waals surface area (Å²) >= 11 is 27.0. The number of halogens is 6. The van der Waals surface area contributed by atoms with E-state index in [1.807, 2.05) is 78.9 Å². The van der Waals surface area contributed by atoms with Crippen molar-refractivity contribution < 1.29 is 10.0 Å². The minimum Gasteiger partial charge on any atom is -0.423 e. The Morgan fingerprint density at radius 2 is 0.879 bits per heavy atom. The first-order valence-electron chi connectivity index (χ1n) is 17.8. The molecule has 0 aromatic heterocycles. The van der Waals surface area contributed by atoms with E-state index in [2.05, 4.69) is 145 Å². The minimum atomic E-state index is -1.40. The Hall–Kier alpha value is -3.70. The van der Waals surface area contributed by atoms with Gasteiger partial charge in [-0.2, -0.15) is 0 Å². The summed E-state index contributed by atoms with van der Waals surface area (Å²) in [5, 5.41) is 27.5. The van der Waals surface area contributed by atoms with Gasteiger partial charge in [-0.3, -0.25) is 0 Å². The van der Waals surface area contributed by atoms with Gasteiger partial charge < -0.3 is 10.0 Å². The van der Waals surface area contributed by atoms with Crippen molar-refractivity contribution in [3.63, 3.8) is 0 Å². The van der Waals surface area contributed by atoms with Crippen LogP contribution in [0.2, 0.25) is 15.1 Å². The summed E-state index contributed by atoms with van der Waals surface area (Å²) in [6, 6.07) is 58.5. The predicted octanol–water partition coefficient (Wildman–Crippen LogP) is 15.9. The largest absolute Gasteiger partial charge is 0.489 e. The first kappa shape index (κ1) is 43.9. The fourth-order valence-electron chi connectivity index (χ4n) is 6.88. The van der Waals surface area contributed by atoms with Crippen molar-refractivity contribution in [1.29, 1.82) is 0 Å². The van der Waals surface area contributed by atoms with Crippen molar-refractivity contribution >= 4 is 134 Å². The minimum absolute atomic E-state index is 0. The van der Waals surface area contributed by atoms with E-state index in [1.54, 1.807) is 6.07 Å². The molecule has 2 nitrogen and oxygen atoms in total. The zero-order valence-corrected chi connectivity index (χ0v) is 37.6. The quantitative estimate of drug-likeness (QED) is 0.103. The highest BCUT2D eigenvalue weighted by molar-refractivity contribution is 14.1. The third kappa shape index (κ3) is 10.0. The highest BCUT2D eigenvalue weighted by atomic mass is 127. The summed E-state index contributed by atoms with van der Waals surface area (Å²) in [7, 11) is -1.40. The molecule has 0 aliphatic heterocycles. The summed E-state index contributed by atoms with van der Waals surface area (Å²) in [4.78, 5) is 0. The molecule has 1 aliphatic carbocycles. The van der Waals surface area contributed by atoms with Crippen molar-refractivity contribution in [2.75, 3.05) is 0 Å². The lowest BCUT2D eigenvalue weighted by atomic mass is 9.77. The standard InChI is InChI=1S/C16H10BrCl.C16H9Cl.C10H9BO2.C6H3BrClI.CH4/c17-16-10-12(18)8-9-15(16)14-7-3-5-11-4-1-2-6-13(11)14;17-11-7-8-12-13-5-1-3-10-4-2-6-14(16(10)13)15(12)9-11;12-11(13)10-7-3-5-8-4-1-2-6-9(8)10;7-5-3-4(8)1-2-6(5)9;/h1-10H;1-9H;1-7,12-13H;1-3H;1H4. The van der Waals surface area contributed by atoms with Crippen LogP contribution in [0.5, 0.6) is 0 Å². The zero-order valence-electron chi connectivity index (χ0n) is 30.0. The van der Waals surface area contributed by atoms with Crippen LogP contribution in [0.3, 0.4) is 0 Å². The third-order valence-corrected chi connectivity index (χ3v) is 13.2. The van der Waals surface area contributed by atoms with Crippen LogP contribution in [0.4, 0.5) is 0 Å². The zero-order chi connectivity index (χ0) is 40.1. The molecule has 0 saturated heterocycles. The summed E-state index contributed by atoms with van der Waals surface area (Å²) in [5.74, 6) is 0. The van der Waals surface area contributed by atoms with E-state index in [4.69, 9.17) is 44.9 Å². The molecule has 1 aliphatic rings. The van der Waals surface area contributed by atoms with Crippen molar-refractivity contribution in [1.82, 2.24) is 0 Å². The molecule has 9 aromatic rings. The van der Waals surface area contributed by atoms with Crippen LogP contribution in [0.1, 0.15) is 7.43 Å². The Labute approximate surface area is 385 Å². The van der Waals surface area contributed by atoms with E-state index in [0.29, 0.717) is 5.46 Å². The molecule has 0 amide bonds. The summed E-state index contributed by atoms with van der Waals surface area (Å²) < 4.78 is 3.25. The Kier molecular flexibility index (Phi) is 15.2. The van der Waals surface area contributed by atoms with Crippen molar-refractivity contribution in [3.8, 4) is 33.4 Å². The summed E-state index contributed by atoms with van der Waals surface area (Å²) in [6.45, 7) is 0. The Morgan fingerprint density at radius 1 is 0.414 bits per heavy atom. The molecule has 0 atom stereocenters. The van der Waals surface area contributed by atoms with Gasteiger partial charge in [-0.1, -0.05) is 192 Å². The van der Waals surface area contributed by atoms with Gasteiger partial charge in [0.15, 0.2) is 0 Å². The van der Waals surface area contributed by atoms with E-state index >= 15 is 0 Å². The Morgan fingerprint density at radius 3 is 1.48 bits per heavy atom. The van der Waals surface area contributed by atoms with Gasteiger partial charge >= 0.3 is 7.12 Å². The normalized spacial score (nSPS) is 10.6. The number of hydrogen-bond donors (Lipinski definition) is 2.